The van der Waals surface area contributed by atoms with Crippen LogP contribution in [-0.2, 0) is 12.7 Å². The lowest BCUT2D eigenvalue weighted by atomic mass is 10.1. The molecule has 112 valence electrons. The monoisotopic (exact) mass is 315 g/mol. The van der Waals surface area contributed by atoms with Crippen LogP contribution in [0, 0.1) is 0 Å². The lowest BCUT2D eigenvalue weighted by molar-refractivity contribution is -0.138. The summed E-state index contributed by atoms with van der Waals surface area (Å²) >= 11 is 5.89. The van der Waals surface area contributed by atoms with Gasteiger partial charge in [0, 0.05) is 17.1 Å². The highest BCUT2D eigenvalue weighted by Gasteiger charge is 2.34. The third-order valence-corrected chi connectivity index (χ3v) is 3.04. The SMILES string of the molecule is CNCc1ccc(Cl)cc1Oc1ccccc1C(F)(F)F. The minimum Gasteiger partial charge on any atom is -0.456 e. The van der Waals surface area contributed by atoms with Gasteiger partial charge in [-0.1, -0.05) is 29.8 Å². The van der Waals surface area contributed by atoms with Gasteiger partial charge in [-0.3, -0.25) is 0 Å². The van der Waals surface area contributed by atoms with E-state index in [1.54, 1.807) is 19.2 Å². The first-order chi connectivity index (χ1) is 9.91. The van der Waals surface area contributed by atoms with Crippen molar-refractivity contribution in [1.29, 1.82) is 0 Å². The molecule has 1 N–H and O–H groups in total. The molecule has 0 spiro atoms. The van der Waals surface area contributed by atoms with Crippen LogP contribution in [0.2, 0.25) is 5.02 Å². The van der Waals surface area contributed by atoms with Gasteiger partial charge in [0.1, 0.15) is 11.5 Å². The molecule has 0 aliphatic rings. The molecular formula is C15H13ClF3NO. The largest absolute Gasteiger partial charge is 0.456 e. The van der Waals surface area contributed by atoms with Crippen LogP contribution in [0.3, 0.4) is 0 Å². The molecule has 0 unspecified atom stereocenters. The average molecular weight is 316 g/mol. The van der Waals surface area contributed by atoms with Crippen molar-refractivity contribution in [3.05, 3.63) is 58.6 Å². The number of alkyl halides is 3. The highest BCUT2D eigenvalue weighted by atomic mass is 35.5. The van der Waals surface area contributed by atoms with Gasteiger partial charge in [-0.15, -0.1) is 0 Å². The van der Waals surface area contributed by atoms with Crippen molar-refractivity contribution in [2.45, 2.75) is 12.7 Å². The average Bonchev–Trinajstić information content (AvgIpc) is 2.41. The molecule has 0 aliphatic carbocycles. The summed E-state index contributed by atoms with van der Waals surface area (Å²) in [4.78, 5) is 0. The fourth-order valence-corrected chi connectivity index (χ4v) is 2.03. The van der Waals surface area contributed by atoms with Gasteiger partial charge in [-0.2, -0.15) is 13.2 Å². The van der Waals surface area contributed by atoms with Crippen molar-refractivity contribution in [3.8, 4) is 11.5 Å². The number of nitrogens with one attached hydrogen (secondary N) is 1. The number of hydrogen-bond donors (Lipinski definition) is 1. The first kappa shape index (κ1) is 15.7. The Morgan fingerprint density at radius 2 is 1.81 bits per heavy atom. The highest BCUT2D eigenvalue weighted by molar-refractivity contribution is 6.30. The molecule has 0 heterocycles. The Bertz CT molecular complexity index is 629. The van der Waals surface area contributed by atoms with Crippen LogP contribution in [-0.4, -0.2) is 7.05 Å². The molecule has 0 aliphatic heterocycles. The van der Waals surface area contributed by atoms with Crippen LogP contribution in [0.25, 0.3) is 0 Å². The van der Waals surface area contributed by atoms with Gasteiger partial charge in [0.2, 0.25) is 0 Å². The Hall–Kier alpha value is -1.72. The smallest absolute Gasteiger partial charge is 0.419 e. The first-order valence-corrected chi connectivity index (χ1v) is 6.56. The van der Waals surface area contributed by atoms with E-state index in [4.69, 9.17) is 16.3 Å². The zero-order valence-corrected chi connectivity index (χ0v) is 11.9. The van der Waals surface area contributed by atoms with Crippen LogP contribution < -0.4 is 10.1 Å². The molecule has 0 amide bonds. The van der Waals surface area contributed by atoms with Crippen molar-refractivity contribution in [1.82, 2.24) is 5.32 Å². The summed E-state index contributed by atoms with van der Waals surface area (Å²) in [5, 5.41) is 3.33. The van der Waals surface area contributed by atoms with Crippen molar-refractivity contribution in [2.24, 2.45) is 0 Å². The van der Waals surface area contributed by atoms with Gasteiger partial charge >= 0.3 is 6.18 Å². The van der Waals surface area contributed by atoms with Crippen LogP contribution in [0.15, 0.2) is 42.5 Å². The van der Waals surface area contributed by atoms with Crippen molar-refractivity contribution in [2.75, 3.05) is 7.05 Å². The number of ether oxygens (including phenoxy) is 1. The van der Waals surface area contributed by atoms with E-state index in [9.17, 15) is 13.2 Å². The second-order valence-corrected chi connectivity index (χ2v) is 4.81. The van der Waals surface area contributed by atoms with Crippen molar-refractivity contribution < 1.29 is 17.9 Å². The maximum absolute atomic E-state index is 13.0. The van der Waals surface area contributed by atoms with Crippen LogP contribution in [0.5, 0.6) is 11.5 Å². The molecule has 2 rings (SSSR count). The molecule has 0 bridgehead atoms. The Morgan fingerprint density at radius 3 is 2.48 bits per heavy atom. The van der Waals surface area contributed by atoms with Crippen LogP contribution >= 0.6 is 11.6 Å². The number of halogens is 4. The summed E-state index contributed by atoms with van der Waals surface area (Å²) in [5.74, 6) is 0.0539. The predicted octanol–water partition coefficient (Wildman–Crippen LogP) is 4.87. The van der Waals surface area contributed by atoms with Gasteiger partial charge in [0.25, 0.3) is 0 Å². The molecule has 0 atom stereocenters. The van der Waals surface area contributed by atoms with E-state index in [0.29, 0.717) is 17.3 Å². The Labute approximate surface area is 125 Å². The number of benzene rings is 2. The first-order valence-electron chi connectivity index (χ1n) is 6.19. The standard InChI is InChI=1S/C15H13ClF3NO/c1-20-9-10-6-7-11(16)8-14(10)21-13-5-3-2-4-12(13)15(17,18)19/h2-8,20H,9H2,1H3. The maximum Gasteiger partial charge on any atom is 0.419 e. The van der Waals surface area contributed by atoms with Crippen molar-refractivity contribution >= 4 is 11.6 Å². The van der Waals surface area contributed by atoms with Crippen LogP contribution in [0.4, 0.5) is 13.2 Å². The molecule has 0 radical (unpaired) electrons. The third-order valence-electron chi connectivity index (χ3n) is 2.81. The van der Waals surface area contributed by atoms with E-state index in [-0.39, 0.29) is 5.75 Å². The maximum atomic E-state index is 13.0. The molecule has 0 saturated heterocycles. The van der Waals surface area contributed by atoms with E-state index in [1.807, 2.05) is 0 Å². The predicted molar refractivity (Wildman–Crippen MR) is 75.7 cm³/mol. The van der Waals surface area contributed by atoms with Gasteiger partial charge in [0.05, 0.1) is 5.56 Å². The Morgan fingerprint density at radius 1 is 1.10 bits per heavy atom. The molecule has 2 aromatic rings. The van der Waals surface area contributed by atoms with Gasteiger partial charge in [0.15, 0.2) is 0 Å². The van der Waals surface area contributed by atoms with Crippen LogP contribution in [0.1, 0.15) is 11.1 Å². The molecule has 0 saturated carbocycles. The molecule has 2 nitrogen and oxygen atoms in total. The second kappa shape index (κ2) is 6.37. The van der Waals surface area contributed by atoms with Gasteiger partial charge in [-0.05, 0) is 31.3 Å². The zero-order valence-electron chi connectivity index (χ0n) is 11.2. The van der Waals surface area contributed by atoms with Gasteiger partial charge in [-0.25, -0.2) is 0 Å². The van der Waals surface area contributed by atoms with E-state index in [1.165, 1.54) is 24.3 Å². The molecule has 6 heteroatoms. The lowest BCUT2D eigenvalue weighted by Gasteiger charge is -2.16. The quantitative estimate of drug-likeness (QED) is 0.869. The molecule has 0 aromatic heterocycles. The van der Waals surface area contributed by atoms with E-state index < -0.39 is 11.7 Å². The van der Waals surface area contributed by atoms with E-state index in [0.717, 1.165) is 11.6 Å². The summed E-state index contributed by atoms with van der Waals surface area (Å²) in [6.07, 6.45) is -4.47. The Kier molecular flexibility index (Phi) is 4.75. The molecule has 21 heavy (non-hydrogen) atoms. The molecule has 2 aromatic carbocycles. The Balaban J connectivity index is 2.41. The number of para-hydroxylation sites is 1. The lowest BCUT2D eigenvalue weighted by Crippen LogP contribution is -2.09. The normalized spacial score (nSPS) is 11.5. The number of rotatable bonds is 4. The minimum absolute atomic E-state index is 0.246. The van der Waals surface area contributed by atoms with E-state index >= 15 is 0 Å². The zero-order chi connectivity index (χ0) is 15.5. The van der Waals surface area contributed by atoms with Gasteiger partial charge < -0.3 is 10.1 Å². The molecular weight excluding hydrogens is 303 g/mol. The van der Waals surface area contributed by atoms with Crippen molar-refractivity contribution in [3.63, 3.8) is 0 Å². The summed E-state index contributed by atoms with van der Waals surface area (Å²) in [6.45, 7) is 0.459. The topological polar surface area (TPSA) is 21.3 Å². The number of hydrogen-bond acceptors (Lipinski definition) is 2. The fraction of sp³-hybridized carbons (Fsp3) is 0.200. The summed E-state index contributed by atoms with van der Waals surface area (Å²) in [7, 11) is 1.74. The van der Waals surface area contributed by atoms with E-state index in [2.05, 4.69) is 5.32 Å². The summed E-state index contributed by atoms with van der Waals surface area (Å²) in [6, 6.07) is 9.96. The summed E-state index contributed by atoms with van der Waals surface area (Å²) < 4.78 is 44.3. The minimum atomic E-state index is -4.47. The highest BCUT2D eigenvalue weighted by Crippen LogP contribution is 2.39. The summed E-state index contributed by atoms with van der Waals surface area (Å²) in [5.41, 5.74) is -0.0979. The molecule has 0 fully saturated rings. The third kappa shape index (κ3) is 3.89. The second-order valence-electron chi connectivity index (χ2n) is 4.38. The fourth-order valence-electron chi connectivity index (χ4n) is 1.87.